The number of hydrogen-bond donors (Lipinski definition) is 2. The van der Waals surface area contributed by atoms with Gasteiger partial charge in [0.1, 0.15) is 13.2 Å². The van der Waals surface area contributed by atoms with Gasteiger partial charge >= 0.3 is 0 Å². The Morgan fingerprint density at radius 1 is 1.36 bits per heavy atom. The van der Waals surface area contributed by atoms with E-state index in [4.69, 9.17) is 11.4 Å². The van der Waals surface area contributed by atoms with E-state index in [0.717, 1.165) is 31.0 Å². The fraction of sp³-hybridized carbons (Fsp3) is 0.571. The molecule has 2 saturated heterocycles. The van der Waals surface area contributed by atoms with Crippen LogP contribution in [0.15, 0.2) is 30.5 Å². The quantitative estimate of drug-likeness (QED) is 0.493. The van der Waals surface area contributed by atoms with Crippen LogP contribution in [0.3, 0.4) is 0 Å². The van der Waals surface area contributed by atoms with Gasteiger partial charge in [0.05, 0.1) is 36.8 Å². The van der Waals surface area contributed by atoms with E-state index in [1.54, 1.807) is 29.6 Å². The number of pyridine rings is 1. The number of piperazine rings is 1. The smallest absolute Gasteiger partial charge is 0.268 e. The molecule has 3 heterocycles. The molecule has 2 N–H and O–H groups in total. The zero-order valence-electron chi connectivity index (χ0n) is 23.6. The Labute approximate surface area is 228 Å². The Bertz CT molecular complexity index is 1280. The summed E-state index contributed by atoms with van der Waals surface area (Å²) in [7, 11) is 0. The second-order valence-electron chi connectivity index (χ2n) is 11.2. The minimum Gasteiger partial charge on any atom is -0.494 e. The number of nitrogens with zero attached hydrogens (tertiary/aromatic N) is 4. The van der Waals surface area contributed by atoms with Gasteiger partial charge in [0.25, 0.3) is 11.8 Å². The highest BCUT2D eigenvalue weighted by molar-refractivity contribution is 6.07. The van der Waals surface area contributed by atoms with Crippen molar-refractivity contribution < 1.29 is 24.5 Å². The Balaban J connectivity index is 1.33. The number of amides is 2. The molecule has 1 unspecified atom stereocenters. The number of nitrogens with one attached hydrogen (secondary N) is 2. The van der Waals surface area contributed by atoms with Crippen molar-refractivity contribution in [3.63, 3.8) is 0 Å². The maximum atomic E-state index is 13.7. The summed E-state index contributed by atoms with van der Waals surface area (Å²) in [5.41, 5.74) is 0.861. The number of benzene rings is 1. The molecule has 210 valence electrons. The van der Waals surface area contributed by atoms with E-state index in [0.29, 0.717) is 29.8 Å². The highest BCUT2D eigenvalue weighted by atomic mass is 19.3. The average molecular weight is 544 g/mol. The number of hydrogen-bond acceptors (Lipinski definition) is 7. The van der Waals surface area contributed by atoms with Crippen LogP contribution in [-0.4, -0.2) is 90.5 Å². The molecular weight excluding hydrogens is 506 g/mol. The second kappa shape index (κ2) is 11.8. The van der Waals surface area contributed by atoms with Gasteiger partial charge in [-0.15, -0.1) is 0 Å². The number of alkyl halides is 2. The minimum absolute atomic E-state index is 0.0231. The summed E-state index contributed by atoms with van der Waals surface area (Å²) in [6.07, 6.45) is 1.57. The topological polar surface area (TPSA) is 111 Å². The summed E-state index contributed by atoms with van der Waals surface area (Å²) < 4.78 is 41.6. The summed E-state index contributed by atoms with van der Waals surface area (Å²) in [6, 6.07) is 7.45. The molecule has 0 spiro atoms. The number of rotatable bonds is 8. The van der Waals surface area contributed by atoms with Crippen molar-refractivity contribution in [1.29, 1.82) is 5.26 Å². The maximum absolute atomic E-state index is 13.7. The SMILES string of the molecule is [2H]N1CCN(CCCOc2ccc3nccc(C(=O)NCC(=O)N4CC(F)(F)CC4C#N)c3c2)C[C@@H]1C(C)(C)C. The first-order valence-electron chi connectivity index (χ1n) is 13.7. The van der Waals surface area contributed by atoms with Gasteiger partial charge in [-0.25, -0.2) is 8.78 Å². The minimum atomic E-state index is -3.12. The van der Waals surface area contributed by atoms with E-state index < -0.39 is 43.3 Å². The fourth-order valence-corrected chi connectivity index (χ4v) is 4.94. The van der Waals surface area contributed by atoms with Gasteiger partial charge in [0.15, 0.2) is 0 Å². The average Bonchev–Trinajstić information content (AvgIpc) is 3.23. The molecule has 2 aliphatic heterocycles. The third-order valence-electron chi connectivity index (χ3n) is 7.18. The zero-order chi connectivity index (χ0) is 29.1. The Hall–Kier alpha value is -3.36. The molecule has 4 rings (SSSR count). The summed E-state index contributed by atoms with van der Waals surface area (Å²) in [4.78, 5) is 32.9. The molecule has 1 aromatic heterocycles. The van der Waals surface area contributed by atoms with Gasteiger partial charge in [0, 0.05) is 50.2 Å². The predicted molar refractivity (Wildman–Crippen MR) is 143 cm³/mol. The van der Waals surface area contributed by atoms with E-state index in [1.165, 1.54) is 12.3 Å². The van der Waals surface area contributed by atoms with Crippen LogP contribution in [0.5, 0.6) is 5.75 Å². The van der Waals surface area contributed by atoms with E-state index in [9.17, 15) is 18.4 Å². The van der Waals surface area contributed by atoms with Gasteiger partial charge in [-0.2, -0.15) is 5.26 Å². The third-order valence-corrected chi connectivity index (χ3v) is 7.18. The Kier molecular flexibility index (Phi) is 8.23. The van der Waals surface area contributed by atoms with Crippen LogP contribution >= 0.6 is 0 Å². The Morgan fingerprint density at radius 2 is 2.15 bits per heavy atom. The highest BCUT2D eigenvalue weighted by Gasteiger charge is 2.47. The van der Waals surface area contributed by atoms with Crippen molar-refractivity contribution in [3.05, 3.63) is 36.0 Å². The van der Waals surface area contributed by atoms with Crippen LogP contribution in [0, 0.1) is 16.7 Å². The molecular formula is C28H36F2N6O3. The molecule has 2 aromatic rings. The first-order valence-corrected chi connectivity index (χ1v) is 13.2. The number of fused-ring (bicyclic) bond motifs is 1. The normalized spacial score (nSPS) is 22.4. The number of halogens is 2. The highest BCUT2D eigenvalue weighted by Crippen LogP contribution is 2.31. The predicted octanol–water partition coefficient (Wildman–Crippen LogP) is 2.81. The number of nitriles is 1. The van der Waals surface area contributed by atoms with Crippen molar-refractivity contribution in [2.45, 2.75) is 51.6 Å². The van der Waals surface area contributed by atoms with Gasteiger partial charge in [-0.3, -0.25) is 14.6 Å². The lowest BCUT2D eigenvalue weighted by Crippen LogP contribution is -2.55. The fourth-order valence-electron chi connectivity index (χ4n) is 4.94. The molecule has 0 saturated carbocycles. The molecule has 2 aliphatic rings. The van der Waals surface area contributed by atoms with Crippen LogP contribution < -0.4 is 15.4 Å². The van der Waals surface area contributed by atoms with Crippen LogP contribution in [0.25, 0.3) is 10.9 Å². The number of carbonyl (C=O) groups is 2. The van der Waals surface area contributed by atoms with E-state index in [2.05, 4.69) is 36.0 Å². The lowest BCUT2D eigenvalue weighted by molar-refractivity contribution is -0.131. The zero-order valence-corrected chi connectivity index (χ0v) is 22.6. The van der Waals surface area contributed by atoms with Crippen LogP contribution in [-0.2, 0) is 4.79 Å². The molecule has 0 radical (unpaired) electrons. The van der Waals surface area contributed by atoms with Gasteiger partial charge < -0.3 is 25.2 Å². The molecule has 2 amide bonds. The lowest BCUT2D eigenvalue weighted by Gasteiger charge is -2.40. The maximum Gasteiger partial charge on any atom is 0.268 e. The first kappa shape index (κ1) is 27.2. The van der Waals surface area contributed by atoms with Crippen LogP contribution in [0.2, 0.25) is 1.41 Å². The largest absolute Gasteiger partial charge is 0.494 e. The van der Waals surface area contributed by atoms with Crippen LogP contribution in [0.4, 0.5) is 8.78 Å². The van der Waals surface area contributed by atoms with Gasteiger partial charge in [-0.1, -0.05) is 20.8 Å². The summed E-state index contributed by atoms with van der Waals surface area (Å²) in [6.45, 7) is 8.86. The summed E-state index contributed by atoms with van der Waals surface area (Å²) >= 11 is 0. The lowest BCUT2D eigenvalue weighted by atomic mass is 9.85. The van der Waals surface area contributed by atoms with Crippen molar-refractivity contribution >= 4 is 22.7 Å². The molecule has 2 atom stereocenters. The van der Waals surface area contributed by atoms with E-state index in [1.807, 2.05) is 0 Å². The van der Waals surface area contributed by atoms with Gasteiger partial charge in [0.2, 0.25) is 5.91 Å². The number of ether oxygens (including phenoxy) is 1. The monoisotopic (exact) mass is 543 g/mol. The molecule has 2 fully saturated rings. The molecule has 1 aromatic carbocycles. The van der Waals surface area contributed by atoms with Crippen molar-refractivity contribution in [1.82, 2.24) is 25.4 Å². The summed E-state index contributed by atoms with van der Waals surface area (Å²) in [5.74, 6) is -3.84. The van der Waals surface area contributed by atoms with Crippen molar-refractivity contribution in [3.8, 4) is 11.8 Å². The van der Waals surface area contributed by atoms with Crippen molar-refractivity contribution in [2.24, 2.45) is 5.41 Å². The van der Waals surface area contributed by atoms with E-state index >= 15 is 0 Å². The standard InChI is InChI=1S/C28H36F2N6O3/c1-27(2,3)24-17-35(11-9-33-24)10-4-12-39-20-5-6-23-22(13-20)21(7-8-32-23)26(38)34-16-25(37)36-18-28(29,30)14-19(36)15-31/h5-8,13,19,24,33H,4,9-12,14,16-18H2,1-3H3,(H,34,38)/t19?,24-/m1/s1/i/hD. The molecule has 9 nitrogen and oxygen atoms in total. The second-order valence-corrected chi connectivity index (χ2v) is 11.2. The van der Waals surface area contributed by atoms with E-state index in [-0.39, 0.29) is 17.0 Å². The molecule has 0 aliphatic carbocycles. The number of likely N-dealkylation sites (tertiary alicyclic amines) is 1. The van der Waals surface area contributed by atoms with Gasteiger partial charge in [-0.05, 0) is 36.1 Å². The molecule has 0 bridgehead atoms. The molecule has 39 heavy (non-hydrogen) atoms. The molecule has 11 heteroatoms. The Morgan fingerprint density at radius 3 is 2.90 bits per heavy atom. The van der Waals surface area contributed by atoms with Crippen LogP contribution in [0.1, 0.15) is 44.0 Å². The first-order chi connectivity index (χ1) is 18.9. The van der Waals surface area contributed by atoms with Crippen molar-refractivity contribution in [2.75, 3.05) is 45.9 Å². The number of aromatic nitrogens is 1. The number of carbonyl (C=O) groups excluding carboxylic acids is 2. The summed E-state index contributed by atoms with van der Waals surface area (Å²) in [5, 5.41) is 13.8. The third kappa shape index (κ3) is 7.19.